The molecule has 0 saturated heterocycles. The number of aliphatic hydroxyl groups excluding tert-OH is 3. The fourth-order valence-electron chi connectivity index (χ4n) is 0.830. The van der Waals surface area contributed by atoms with Crippen LogP contribution in [0.1, 0.15) is 67.9 Å². The second kappa shape index (κ2) is 29.4. The molecule has 0 aliphatic rings. The standard InChI is InChI=1S/C9H10O3.C4H9.3C3H8O.Ti/c10-9(11)7-12-6-8-4-2-1-3-5-8;1-4(2)3;3*1-3(2)4;/h1-5H,6-7H2,(H,10,11);1-3H3;3*3-4H,1-2H3;/q;-1;;;;. The monoisotopic (exact) mass is 451 g/mol. The van der Waals surface area contributed by atoms with Crippen molar-refractivity contribution in [3.63, 3.8) is 0 Å². The van der Waals surface area contributed by atoms with Crippen LogP contribution in [-0.4, -0.2) is 51.3 Å². The van der Waals surface area contributed by atoms with E-state index < -0.39 is 5.97 Å². The Balaban J connectivity index is -0.0000000949. The summed E-state index contributed by atoms with van der Waals surface area (Å²) in [6.45, 7) is 16.7. The molecule has 0 radical (unpaired) electrons. The molecule has 0 fully saturated rings. The van der Waals surface area contributed by atoms with Crippen LogP contribution in [0.3, 0.4) is 0 Å². The zero-order valence-electron chi connectivity index (χ0n) is 19.6. The van der Waals surface area contributed by atoms with Crippen molar-refractivity contribution in [2.45, 2.75) is 87.2 Å². The predicted octanol–water partition coefficient (Wildman–Crippen LogP) is 4.07. The molecule has 29 heavy (non-hydrogen) atoms. The summed E-state index contributed by atoms with van der Waals surface area (Å²) in [5.74, 6) is 0.478. The maximum absolute atomic E-state index is 10.1. The van der Waals surface area contributed by atoms with Crippen molar-refractivity contribution >= 4 is 5.97 Å². The van der Waals surface area contributed by atoms with E-state index in [1.165, 1.54) is 5.92 Å². The largest absolute Gasteiger partial charge is 0.480 e. The molecule has 4 N–H and O–H groups in total. The summed E-state index contributed by atoms with van der Waals surface area (Å²) < 4.78 is 4.88. The normalized spacial score (nSPS) is 8.97. The second-order valence-corrected chi connectivity index (χ2v) is 7.15. The fourth-order valence-corrected chi connectivity index (χ4v) is 0.830. The summed E-state index contributed by atoms with van der Waals surface area (Å²) in [4.78, 5) is 10.1. The van der Waals surface area contributed by atoms with Crippen molar-refractivity contribution in [1.82, 2.24) is 0 Å². The number of benzene rings is 1. The summed E-state index contributed by atoms with van der Waals surface area (Å²) in [6, 6.07) is 9.46. The molecule has 0 heterocycles. The maximum Gasteiger partial charge on any atom is 0.329 e. The fraction of sp³-hybridized carbons (Fsp3) is 0.636. The number of aliphatic carboxylic acids is 1. The molecular weight excluding hydrogens is 408 g/mol. The Kier molecular flexibility index (Phi) is 39.4. The molecule has 0 aliphatic carbocycles. The van der Waals surface area contributed by atoms with E-state index >= 15 is 0 Å². The molecule has 7 heteroatoms. The minimum Gasteiger partial charge on any atom is -0.480 e. The van der Waals surface area contributed by atoms with Gasteiger partial charge in [-0.25, -0.2) is 4.79 Å². The van der Waals surface area contributed by atoms with Gasteiger partial charge < -0.3 is 31.1 Å². The minimum atomic E-state index is -0.939. The average Bonchev–Trinajstić information content (AvgIpc) is 2.45. The number of ether oxygens (including phenoxy) is 1. The molecule has 0 aromatic heterocycles. The Hall–Kier alpha value is -0.756. The predicted molar refractivity (Wildman–Crippen MR) is 116 cm³/mol. The first-order valence-corrected chi connectivity index (χ1v) is 9.36. The van der Waals surface area contributed by atoms with Crippen LogP contribution in [0.5, 0.6) is 0 Å². The first-order chi connectivity index (χ1) is 12.7. The van der Waals surface area contributed by atoms with Crippen LogP contribution in [0.2, 0.25) is 0 Å². The molecule has 0 amide bonds. The third kappa shape index (κ3) is 99.0. The van der Waals surface area contributed by atoms with Crippen LogP contribution < -0.4 is 0 Å². The van der Waals surface area contributed by atoms with Gasteiger partial charge in [-0.05, 0) is 47.1 Å². The van der Waals surface area contributed by atoms with Crippen LogP contribution in [0.15, 0.2) is 30.3 Å². The van der Waals surface area contributed by atoms with E-state index in [2.05, 4.69) is 20.8 Å². The van der Waals surface area contributed by atoms with Gasteiger partial charge >= 0.3 is 5.97 Å². The van der Waals surface area contributed by atoms with Gasteiger partial charge in [-0.15, -0.1) is 0 Å². The van der Waals surface area contributed by atoms with Gasteiger partial charge in [0.25, 0.3) is 0 Å². The number of carboxylic acid groups (broad SMARTS) is 1. The SMILES string of the molecule is CC(C)O.CC(C)O.CC(C)O.C[C-](C)C.O=C(O)COCc1ccccc1.[Ti]. The molecule has 0 spiro atoms. The van der Waals surface area contributed by atoms with E-state index in [1.807, 2.05) is 30.3 Å². The molecule has 1 aromatic carbocycles. The average molecular weight is 451 g/mol. The zero-order valence-corrected chi connectivity index (χ0v) is 21.2. The zero-order chi connectivity index (χ0) is 23.1. The first kappa shape index (κ1) is 38.8. The van der Waals surface area contributed by atoms with Crippen LogP contribution in [0.4, 0.5) is 0 Å². The van der Waals surface area contributed by atoms with Crippen molar-refractivity contribution < 1.29 is 51.7 Å². The molecule has 0 bridgehead atoms. The maximum atomic E-state index is 10.1. The first-order valence-electron chi connectivity index (χ1n) is 9.36. The third-order valence-electron chi connectivity index (χ3n) is 1.34. The van der Waals surface area contributed by atoms with E-state index in [0.29, 0.717) is 6.61 Å². The van der Waals surface area contributed by atoms with Crippen molar-refractivity contribution in [3.8, 4) is 0 Å². The van der Waals surface area contributed by atoms with E-state index in [4.69, 9.17) is 25.2 Å². The minimum absolute atomic E-state index is 0. The van der Waals surface area contributed by atoms with Gasteiger partial charge in [0.1, 0.15) is 6.61 Å². The number of aliphatic hydroxyl groups is 3. The van der Waals surface area contributed by atoms with E-state index in [9.17, 15) is 4.79 Å². The molecular formula is C22H43O6Ti-. The van der Waals surface area contributed by atoms with Gasteiger partial charge in [0.05, 0.1) is 6.61 Å². The Bertz CT molecular complexity index is 374. The summed E-state index contributed by atoms with van der Waals surface area (Å²) in [6.07, 6.45) is -0.500. The van der Waals surface area contributed by atoms with Crippen LogP contribution in [0, 0.1) is 5.92 Å². The number of carboxylic acids is 1. The van der Waals surface area contributed by atoms with Gasteiger partial charge in [-0.2, -0.15) is 20.8 Å². The summed E-state index contributed by atoms with van der Waals surface area (Å²) in [5, 5.41) is 32.4. The topological polar surface area (TPSA) is 107 Å². The molecule has 172 valence electrons. The van der Waals surface area contributed by atoms with Gasteiger partial charge in [0, 0.05) is 40.0 Å². The Morgan fingerprint density at radius 3 is 1.38 bits per heavy atom. The van der Waals surface area contributed by atoms with Crippen molar-refractivity contribution in [2.75, 3.05) is 6.61 Å². The third-order valence-corrected chi connectivity index (χ3v) is 1.34. The summed E-state index contributed by atoms with van der Waals surface area (Å²) in [7, 11) is 0. The van der Waals surface area contributed by atoms with Crippen LogP contribution >= 0.6 is 0 Å². The second-order valence-electron chi connectivity index (χ2n) is 7.15. The number of hydrogen-bond acceptors (Lipinski definition) is 5. The molecule has 0 atom stereocenters. The molecule has 1 rings (SSSR count). The molecule has 0 unspecified atom stereocenters. The summed E-state index contributed by atoms with van der Waals surface area (Å²) in [5.41, 5.74) is 0.985. The van der Waals surface area contributed by atoms with E-state index in [-0.39, 0.29) is 46.6 Å². The molecule has 0 aliphatic heterocycles. The van der Waals surface area contributed by atoms with Crippen LogP contribution in [0.25, 0.3) is 0 Å². The van der Waals surface area contributed by atoms with Gasteiger partial charge in [0.15, 0.2) is 0 Å². The van der Waals surface area contributed by atoms with Crippen molar-refractivity contribution in [2.24, 2.45) is 0 Å². The Labute approximate surface area is 193 Å². The number of hydrogen-bond donors (Lipinski definition) is 4. The van der Waals surface area contributed by atoms with E-state index in [1.54, 1.807) is 41.5 Å². The van der Waals surface area contributed by atoms with Crippen molar-refractivity contribution in [3.05, 3.63) is 41.8 Å². The van der Waals surface area contributed by atoms with Crippen LogP contribution in [-0.2, 0) is 37.9 Å². The number of rotatable bonds is 4. The van der Waals surface area contributed by atoms with Crippen molar-refractivity contribution in [1.29, 1.82) is 0 Å². The quantitative estimate of drug-likeness (QED) is 0.406. The Morgan fingerprint density at radius 2 is 1.14 bits per heavy atom. The Morgan fingerprint density at radius 1 is 0.862 bits per heavy atom. The molecule has 1 aromatic rings. The van der Waals surface area contributed by atoms with E-state index in [0.717, 1.165) is 5.56 Å². The number of carbonyl (C=O) groups is 1. The molecule has 6 nitrogen and oxygen atoms in total. The summed E-state index contributed by atoms with van der Waals surface area (Å²) >= 11 is 0. The van der Waals surface area contributed by atoms with Gasteiger partial charge in [-0.3, -0.25) is 0 Å². The van der Waals surface area contributed by atoms with Gasteiger partial charge in [0.2, 0.25) is 0 Å². The van der Waals surface area contributed by atoms with Gasteiger partial charge in [-0.1, -0.05) is 30.3 Å². The molecule has 0 saturated carbocycles. The smallest absolute Gasteiger partial charge is 0.329 e.